The molecule has 0 aromatic heterocycles. The second-order valence-electron chi connectivity index (χ2n) is 8.97. The Hall–Kier alpha value is -2.62. The molecule has 0 spiro atoms. The Morgan fingerprint density at radius 3 is 1.31 bits per heavy atom. The molecule has 0 saturated carbocycles. The van der Waals surface area contributed by atoms with Gasteiger partial charge in [0.15, 0.2) is 11.6 Å². The molecular formula is C28H40O4. The minimum Gasteiger partial charge on any atom is -0.507 e. The lowest BCUT2D eigenvalue weighted by atomic mass is 9.77. The molecule has 2 aromatic rings. The zero-order valence-electron chi connectivity index (χ0n) is 19.5. The van der Waals surface area contributed by atoms with Crippen molar-refractivity contribution in [3.8, 4) is 11.5 Å². The second kappa shape index (κ2) is 11.3. The Bertz CT molecular complexity index is 907. The molecule has 0 heterocycles. The van der Waals surface area contributed by atoms with Gasteiger partial charge in [-0.15, -0.1) is 0 Å². The summed E-state index contributed by atoms with van der Waals surface area (Å²) in [7, 11) is 0. The molecule has 2 aromatic carbocycles. The van der Waals surface area contributed by atoms with Crippen LogP contribution in [-0.4, -0.2) is 21.8 Å². The number of fused-ring (bicyclic) bond motifs is 2. The number of hydrogen-bond acceptors (Lipinski definition) is 4. The largest absolute Gasteiger partial charge is 0.507 e. The Kier molecular flexibility index (Phi) is 8.49. The van der Waals surface area contributed by atoms with Crippen LogP contribution < -0.4 is 0 Å². The number of carbonyl (C=O) groups is 2. The maximum Gasteiger partial charge on any atom is 0.198 e. The van der Waals surface area contributed by atoms with Crippen LogP contribution in [0, 0.1) is 0 Å². The predicted octanol–water partition coefficient (Wildman–Crippen LogP) is 7.39. The van der Waals surface area contributed by atoms with Crippen molar-refractivity contribution in [3.63, 3.8) is 0 Å². The van der Waals surface area contributed by atoms with E-state index in [0.717, 1.165) is 49.7 Å². The fourth-order valence-corrected chi connectivity index (χ4v) is 4.75. The van der Waals surface area contributed by atoms with Crippen molar-refractivity contribution < 1.29 is 22.7 Å². The third-order valence-electron chi connectivity index (χ3n) is 6.55. The van der Waals surface area contributed by atoms with Crippen LogP contribution in [-0.2, 0) is 12.8 Å². The standard InChI is InChI=1S/C28H36O4.2H2/c1-3-5-7-9-11-13-19-15-16-20(14-12-10-8-6-4-2)24-23(19)27(31)25-21(29)17-18-22(30)26(25)28(24)32;;/h15-18,29-30H,3-14H2,1-2H3;2*1H. The smallest absolute Gasteiger partial charge is 0.198 e. The molecule has 4 heteroatoms. The van der Waals surface area contributed by atoms with Gasteiger partial charge in [-0.2, -0.15) is 0 Å². The molecule has 176 valence electrons. The third-order valence-corrected chi connectivity index (χ3v) is 6.55. The lowest BCUT2D eigenvalue weighted by Gasteiger charge is -2.24. The number of phenols is 2. The fourth-order valence-electron chi connectivity index (χ4n) is 4.75. The molecule has 0 unspecified atom stereocenters. The number of hydrogen-bond donors (Lipinski definition) is 2. The van der Waals surface area contributed by atoms with Gasteiger partial charge in [-0.1, -0.05) is 77.3 Å². The average molecular weight is 441 g/mol. The highest BCUT2D eigenvalue weighted by Crippen LogP contribution is 2.40. The Balaban J connectivity index is 0.00000289. The van der Waals surface area contributed by atoms with E-state index in [-0.39, 0.29) is 37.0 Å². The monoisotopic (exact) mass is 440 g/mol. The van der Waals surface area contributed by atoms with Crippen LogP contribution in [0.2, 0.25) is 0 Å². The Morgan fingerprint density at radius 1 is 0.562 bits per heavy atom. The average Bonchev–Trinajstić information content (AvgIpc) is 2.78. The number of ketones is 2. The Labute approximate surface area is 194 Å². The zero-order valence-corrected chi connectivity index (χ0v) is 19.5. The molecule has 0 atom stereocenters. The van der Waals surface area contributed by atoms with Crippen LogP contribution in [0.25, 0.3) is 0 Å². The van der Waals surface area contributed by atoms with E-state index >= 15 is 0 Å². The van der Waals surface area contributed by atoms with E-state index in [1.807, 2.05) is 12.1 Å². The molecule has 2 N–H and O–H groups in total. The molecular weight excluding hydrogens is 400 g/mol. The highest BCUT2D eigenvalue weighted by atomic mass is 16.3. The summed E-state index contributed by atoms with van der Waals surface area (Å²) in [6.45, 7) is 4.36. The molecule has 3 rings (SSSR count). The summed E-state index contributed by atoms with van der Waals surface area (Å²) >= 11 is 0. The number of phenolic OH excluding ortho intramolecular Hbond substituents is 2. The summed E-state index contributed by atoms with van der Waals surface area (Å²) in [6, 6.07) is 6.56. The van der Waals surface area contributed by atoms with Crippen molar-refractivity contribution in [2.75, 3.05) is 0 Å². The molecule has 0 radical (unpaired) electrons. The van der Waals surface area contributed by atoms with Gasteiger partial charge >= 0.3 is 0 Å². The van der Waals surface area contributed by atoms with Gasteiger partial charge in [0.05, 0.1) is 11.1 Å². The first-order chi connectivity index (χ1) is 15.5. The number of aromatic hydroxyl groups is 2. The predicted molar refractivity (Wildman–Crippen MR) is 132 cm³/mol. The van der Waals surface area contributed by atoms with E-state index in [2.05, 4.69) is 13.8 Å². The topological polar surface area (TPSA) is 74.6 Å². The van der Waals surface area contributed by atoms with Gasteiger partial charge in [0, 0.05) is 14.0 Å². The minimum absolute atomic E-state index is 0. The lowest BCUT2D eigenvalue weighted by molar-refractivity contribution is 0.0972. The van der Waals surface area contributed by atoms with Crippen molar-refractivity contribution in [2.24, 2.45) is 0 Å². The van der Waals surface area contributed by atoms with Crippen LogP contribution >= 0.6 is 0 Å². The highest BCUT2D eigenvalue weighted by Gasteiger charge is 2.37. The van der Waals surface area contributed by atoms with Gasteiger partial charge in [0.25, 0.3) is 0 Å². The van der Waals surface area contributed by atoms with Gasteiger partial charge in [-0.05, 0) is 48.9 Å². The maximum atomic E-state index is 13.5. The Morgan fingerprint density at radius 2 is 0.938 bits per heavy atom. The number of rotatable bonds is 12. The molecule has 0 bridgehead atoms. The van der Waals surface area contributed by atoms with Gasteiger partial charge in [-0.25, -0.2) is 0 Å². The van der Waals surface area contributed by atoms with E-state index in [0.29, 0.717) is 11.1 Å². The molecule has 4 nitrogen and oxygen atoms in total. The van der Waals surface area contributed by atoms with Crippen LogP contribution in [0.4, 0.5) is 0 Å². The molecule has 0 amide bonds. The van der Waals surface area contributed by atoms with Crippen molar-refractivity contribution in [3.05, 3.63) is 57.6 Å². The van der Waals surface area contributed by atoms with Crippen molar-refractivity contribution in [2.45, 2.75) is 90.9 Å². The van der Waals surface area contributed by atoms with E-state index < -0.39 is 0 Å². The molecule has 1 aliphatic carbocycles. The number of unbranched alkanes of at least 4 members (excludes halogenated alkanes) is 8. The molecule has 0 aliphatic heterocycles. The first kappa shape index (κ1) is 24.0. The van der Waals surface area contributed by atoms with Gasteiger partial charge in [0.2, 0.25) is 0 Å². The molecule has 32 heavy (non-hydrogen) atoms. The first-order valence-corrected chi connectivity index (χ1v) is 12.3. The van der Waals surface area contributed by atoms with Crippen LogP contribution in [0.15, 0.2) is 24.3 Å². The number of aryl methyl sites for hydroxylation is 2. The van der Waals surface area contributed by atoms with E-state index in [1.54, 1.807) is 0 Å². The van der Waals surface area contributed by atoms with Gasteiger partial charge in [0.1, 0.15) is 11.5 Å². The lowest BCUT2D eigenvalue weighted by Crippen LogP contribution is -2.25. The second-order valence-corrected chi connectivity index (χ2v) is 8.97. The van der Waals surface area contributed by atoms with Gasteiger partial charge < -0.3 is 10.2 Å². The van der Waals surface area contributed by atoms with Crippen molar-refractivity contribution in [1.29, 1.82) is 0 Å². The summed E-state index contributed by atoms with van der Waals surface area (Å²) < 4.78 is 0. The van der Waals surface area contributed by atoms with Crippen molar-refractivity contribution >= 4 is 11.6 Å². The molecule has 1 aliphatic rings. The summed E-state index contributed by atoms with van der Waals surface area (Å²) in [6.07, 6.45) is 12.7. The van der Waals surface area contributed by atoms with E-state index in [1.165, 1.54) is 50.7 Å². The summed E-state index contributed by atoms with van der Waals surface area (Å²) in [4.78, 5) is 27.1. The maximum absolute atomic E-state index is 13.5. The summed E-state index contributed by atoms with van der Waals surface area (Å²) in [5, 5.41) is 20.7. The summed E-state index contributed by atoms with van der Waals surface area (Å²) in [5.74, 6) is -1.19. The zero-order chi connectivity index (χ0) is 23.1. The molecule has 0 fully saturated rings. The minimum atomic E-state index is -0.348. The van der Waals surface area contributed by atoms with E-state index in [4.69, 9.17) is 0 Å². The van der Waals surface area contributed by atoms with Crippen LogP contribution in [0.3, 0.4) is 0 Å². The quantitative estimate of drug-likeness (QED) is 0.227. The number of benzene rings is 2. The SMILES string of the molecule is CCCCCCCc1ccc(CCCCCCC)c2c1C(=O)c1c(O)ccc(O)c1C2=O.[HH].[HH]. The van der Waals surface area contributed by atoms with Gasteiger partial charge in [-0.3, -0.25) is 9.59 Å². The fraction of sp³-hybridized carbons (Fsp3) is 0.500. The number of carbonyl (C=O) groups excluding carboxylic acids is 2. The normalized spacial score (nSPS) is 12.7. The summed E-state index contributed by atoms with van der Waals surface area (Å²) in [5.41, 5.74) is 2.50. The van der Waals surface area contributed by atoms with Crippen molar-refractivity contribution in [1.82, 2.24) is 0 Å². The van der Waals surface area contributed by atoms with E-state index in [9.17, 15) is 19.8 Å². The first-order valence-electron chi connectivity index (χ1n) is 12.3. The van der Waals surface area contributed by atoms with Crippen LogP contribution in [0.5, 0.6) is 11.5 Å². The third kappa shape index (κ3) is 5.06. The van der Waals surface area contributed by atoms with Crippen LogP contribution in [0.1, 0.15) is 124 Å². The molecule has 0 saturated heterocycles. The highest BCUT2D eigenvalue weighted by molar-refractivity contribution is 6.31.